The van der Waals surface area contributed by atoms with Crippen LogP contribution in [0.2, 0.25) is 0 Å². The molecule has 33 heavy (non-hydrogen) atoms. The first-order valence-corrected chi connectivity index (χ1v) is 12.3. The molecule has 0 radical (unpaired) electrons. The Kier molecular flexibility index (Phi) is 5.34. The molecule has 4 aromatic carbocycles. The molecule has 2 aromatic heterocycles. The lowest BCUT2D eigenvalue weighted by Crippen LogP contribution is -1.85. The van der Waals surface area contributed by atoms with Crippen molar-refractivity contribution in [2.24, 2.45) is 0 Å². The van der Waals surface area contributed by atoms with Crippen molar-refractivity contribution >= 4 is 45.3 Å². The molecule has 6 aromatic rings. The predicted molar refractivity (Wildman–Crippen MR) is 138 cm³/mol. The molecule has 0 unspecified atom stereocenters. The van der Waals surface area contributed by atoms with Gasteiger partial charge in [0.1, 0.15) is 11.5 Å². The van der Waals surface area contributed by atoms with E-state index in [2.05, 4.69) is 82.8 Å². The number of ether oxygens (including phenoxy) is 1. The second kappa shape index (κ2) is 8.77. The van der Waals surface area contributed by atoms with Crippen molar-refractivity contribution in [3.63, 3.8) is 0 Å². The quantitative estimate of drug-likeness (QED) is 0.259. The molecule has 5 heteroatoms. The second-order valence-electron chi connectivity index (χ2n) is 7.63. The molecule has 0 aliphatic heterocycles. The van der Waals surface area contributed by atoms with Crippen LogP contribution < -0.4 is 4.74 Å². The summed E-state index contributed by atoms with van der Waals surface area (Å²) in [6.45, 7) is 0. The Hall–Kier alpha value is -3.54. The van der Waals surface area contributed by atoms with Gasteiger partial charge in [-0.05, 0) is 60.7 Å². The van der Waals surface area contributed by atoms with Crippen molar-refractivity contribution in [3.05, 3.63) is 109 Å². The summed E-state index contributed by atoms with van der Waals surface area (Å²) < 4.78 is 6.47. The minimum absolute atomic E-state index is 0.842. The monoisotopic (exact) mass is 464 g/mol. The van der Waals surface area contributed by atoms with Crippen LogP contribution in [0.4, 0.5) is 0 Å². The van der Waals surface area contributed by atoms with Crippen molar-refractivity contribution in [2.45, 2.75) is 19.8 Å². The first-order valence-electron chi connectivity index (χ1n) is 10.7. The van der Waals surface area contributed by atoms with Gasteiger partial charge < -0.3 is 14.7 Å². The molecule has 0 amide bonds. The van der Waals surface area contributed by atoms with Gasteiger partial charge in [0.05, 0.1) is 21.1 Å². The summed E-state index contributed by atoms with van der Waals surface area (Å²) in [5.74, 6) is 1.68. The molecular formula is C28H20N2OS2. The Labute approximate surface area is 200 Å². The summed E-state index contributed by atoms with van der Waals surface area (Å²) in [7, 11) is 0. The summed E-state index contributed by atoms with van der Waals surface area (Å²) in [6.07, 6.45) is 0. The average Bonchev–Trinajstić information content (AvgIpc) is 3.45. The average molecular weight is 465 g/mol. The Balaban J connectivity index is 1.32. The highest BCUT2D eigenvalue weighted by Crippen LogP contribution is 2.39. The first kappa shape index (κ1) is 20.1. The number of fused-ring (bicyclic) bond motifs is 2. The number of aromatic nitrogens is 2. The molecule has 6 rings (SSSR count). The van der Waals surface area contributed by atoms with E-state index >= 15 is 0 Å². The minimum atomic E-state index is 0.842. The van der Waals surface area contributed by atoms with Gasteiger partial charge >= 0.3 is 0 Å². The van der Waals surface area contributed by atoms with E-state index < -0.39 is 0 Å². The number of nitrogens with one attached hydrogen (secondary N) is 2. The molecule has 160 valence electrons. The summed E-state index contributed by atoms with van der Waals surface area (Å²) in [6, 6.07) is 37.4. The van der Waals surface area contributed by atoms with Gasteiger partial charge in [-0.2, -0.15) is 0 Å². The molecular weight excluding hydrogens is 444 g/mol. The molecule has 0 spiro atoms. The largest absolute Gasteiger partial charge is 0.456 e. The van der Waals surface area contributed by atoms with Crippen molar-refractivity contribution < 1.29 is 4.74 Å². The number of H-pyrrole nitrogens is 2. The molecule has 2 heterocycles. The summed E-state index contributed by atoms with van der Waals surface area (Å²) in [4.78, 5) is 9.43. The highest BCUT2D eigenvalue weighted by Gasteiger charge is 2.12. The van der Waals surface area contributed by atoms with Gasteiger partial charge in [-0.15, -0.1) is 0 Å². The van der Waals surface area contributed by atoms with Crippen LogP contribution in [0.15, 0.2) is 129 Å². The Morgan fingerprint density at radius 1 is 0.485 bits per heavy atom. The highest BCUT2D eigenvalue weighted by molar-refractivity contribution is 7.99. The fraction of sp³-hybridized carbons (Fsp3) is 0. The number of aromatic amines is 2. The fourth-order valence-electron chi connectivity index (χ4n) is 3.84. The molecule has 0 saturated heterocycles. The SMILES string of the molecule is c1ccc(Sc2cc3c(Oc4cccc5[nH]c(Sc6ccccc6)cc45)cccc3[nH]2)cc1. The van der Waals surface area contributed by atoms with Gasteiger partial charge in [0.25, 0.3) is 0 Å². The third-order valence-corrected chi connectivity index (χ3v) is 7.26. The zero-order valence-corrected chi connectivity index (χ0v) is 19.3. The Morgan fingerprint density at radius 2 is 0.939 bits per heavy atom. The molecule has 2 N–H and O–H groups in total. The van der Waals surface area contributed by atoms with Crippen LogP contribution in [-0.2, 0) is 0 Å². The van der Waals surface area contributed by atoms with Crippen molar-refractivity contribution in [1.82, 2.24) is 9.97 Å². The van der Waals surface area contributed by atoms with Crippen molar-refractivity contribution in [3.8, 4) is 11.5 Å². The zero-order chi connectivity index (χ0) is 22.0. The van der Waals surface area contributed by atoms with E-state index in [4.69, 9.17) is 4.74 Å². The van der Waals surface area contributed by atoms with Crippen LogP contribution in [0, 0.1) is 0 Å². The summed E-state index contributed by atoms with van der Waals surface area (Å²) >= 11 is 3.43. The maximum atomic E-state index is 6.47. The van der Waals surface area contributed by atoms with Crippen molar-refractivity contribution in [2.75, 3.05) is 0 Å². The lowest BCUT2D eigenvalue weighted by Gasteiger charge is -2.08. The lowest BCUT2D eigenvalue weighted by molar-refractivity contribution is 0.494. The van der Waals surface area contributed by atoms with E-state index in [1.54, 1.807) is 23.5 Å². The van der Waals surface area contributed by atoms with Gasteiger partial charge in [-0.1, -0.05) is 72.1 Å². The van der Waals surface area contributed by atoms with Crippen LogP contribution in [0.1, 0.15) is 0 Å². The van der Waals surface area contributed by atoms with Gasteiger partial charge in [-0.25, -0.2) is 0 Å². The first-order chi connectivity index (χ1) is 16.3. The maximum absolute atomic E-state index is 6.47. The van der Waals surface area contributed by atoms with Crippen LogP contribution >= 0.6 is 23.5 Å². The van der Waals surface area contributed by atoms with Crippen LogP contribution in [-0.4, -0.2) is 9.97 Å². The van der Waals surface area contributed by atoms with E-state index in [1.807, 2.05) is 36.4 Å². The number of benzene rings is 4. The van der Waals surface area contributed by atoms with Gasteiger partial charge in [0.2, 0.25) is 0 Å². The molecule has 0 fully saturated rings. The third kappa shape index (κ3) is 4.25. The van der Waals surface area contributed by atoms with Gasteiger partial charge in [0, 0.05) is 20.6 Å². The number of rotatable bonds is 6. The van der Waals surface area contributed by atoms with E-state index in [9.17, 15) is 0 Å². The summed E-state index contributed by atoms with van der Waals surface area (Å²) in [5.41, 5.74) is 2.12. The summed E-state index contributed by atoms with van der Waals surface area (Å²) in [5, 5.41) is 4.33. The molecule has 0 atom stereocenters. The molecule has 0 bridgehead atoms. The van der Waals surface area contributed by atoms with Crippen LogP contribution in [0.5, 0.6) is 11.5 Å². The Bertz CT molecular complexity index is 1420. The van der Waals surface area contributed by atoms with Crippen LogP contribution in [0.3, 0.4) is 0 Å². The fourth-order valence-corrected chi connectivity index (χ4v) is 5.61. The standard InChI is InChI=1S/C28H20N2OS2/c1-3-9-19(10-4-1)32-27-17-21-23(29-27)13-7-15-25(21)31-26-16-8-14-24-22(26)18-28(30-24)33-20-11-5-2-6-12-20/h1-18,29-30H. The van der Waals surface area contributed by atoms with Gasteiger partial charge in [-0.3, -0.25) is 0 Å². The Morgan fingerprint density at radius 3 is 1.39 bits per heavy atom. The zero-order valence-electron chi connectivity index (χ0n) is 17.6. The smallest absolute Gasteiger partial charge is 0.136 e. The normalized spacial score (nSPS) is 11.3. The molecule has 0 aliphatic rings. The van der Waals surface area contributed by atoms with Crippen LogP contribution in [0.25, 0.3) is 21.8 Å². The van der Waals surface area contributed by atoms with Gasteiger partial charge in [0.15, 0.2) is 0 Å². The van der Waals surface area contributed by atoms with E-state index in [0.717, 1.165) is 43.4 Å². The molecule has 0 aliphatic carbocycles. The highest BCUT2D eigenvalue weighted by atomic mass is 32.2. The second-order valence-corrected chi connectivity index (χ2v) is 9.86. The molecule has 3 nitrogen and oxygen atoms in total. The third-order valence-electron chi connectivity index (χ3n) is 5.36. The number of hydrogen-bond acceptors (Lipinski definition) is 3. The van der Waals surface area contributed by atoms with Crippen molar-refractivity contribution in [1.29, 1.82) is 0 Å². The number of hydrogen-bond donors (Lipinski definition) is 2. The van der Waals surface area contributed by atoms with E-state index in [0.29, 0.717) is 0 Å². The maximum Gasteiger partial charge on any atom is 0.136 e. The topological polar surface area (TPSA) is 40.8 Å². The minimum Gasteiger partial charge on any atom is -0.456 e. The molecule has 0 saturated carbocycles. The van der Waals surface area contributed by atoms with E-state index in [1.165, 1.54) is 9.79 Å². The predicted octanol–water partition coefficient (Wildman–Crippen LogP) is 8.74. The van der Waals surface area contributed by atoms with E-state index in [-0.39, 0.29) is 0 Å². The lowest BCUT2D eigenvalue weighted by atomic mass is 10.2.